The zero-order valence-corrected chi connectivity index (χ0v) is 10.4. The van der Waals surface area contributed by atoms with E-state index in [2.05, 4.69) is 10.3 Å². The number of alkyl halides is 3. The molecule has 0 saturated heterocycles. The van der Waals surface area contributed by atoms with Crippen LogP contribution in [0.1, 0.15) is 11.4 Å². The number of halogens is 3. The van der Waals surface area contributed by atoms with Crippen LogP contribution in [0, 0.1) is 0 Å². The maximum Gasteiger partial charge on any atom is 0.234 e. The maximum absolute atomic E-state index is 9.28. The fraction of sp³-hybridized carbons (Fsp3) is 0.714. The van der Waals surface area contributed by atoms with Crippen LogP contribution in [0.15, 0.2) is 0 Å². The van der Waals surface area contributed by atoms with Gasteiger partial charge in [0.2, 0.25) is 3.79 Å². The van der Waals surface area contributed by atoms with Gasteiger partial charge < -0.3 is 15.9 Å². The summed E-state index contributed by atoms with van der Waals surface area (Å²) in [4.78, 5) is 0. The van der Waals surface area contributed by atoms with Gasteiger partial charge >= 0.3 is 0 Å². The van der Waals surface area contributed by atoms with Crippen molar-refractivity contribution in [1.29, 1.82) is 0 Å². The number of hydrogen-bond acceptors (Lipinski definition) is 5. The normalized spacial score (nSPS) is 14.1. The lowest BCUT2D eigenvalue weighted by Gasteiger charge is -2.15. The lowest BCUT2D eigenvalue weighted by Crippen LogP contribution is -2.24. The van der Waals surface area contributed by atoms with E-state index in [9.17, 15) is 5.11 Å². The number of nitrogens with two attached hydrogens (primary N) is 1. The number of aromatic nitrogens is 3. The summed E-state index contributed by atoms with van der Waals surface area (Å²) in [5, 5.41) is 25.4. The summed E-state index contributed by atoms with van der Waals surface area (Å²) < 4.78 is -0.510. The molecule has 1 unspecified atom stereocenters. The van der Waals surface area contributed by atoms with Crippen molar-refractivity contribution in [2.45, 2.75) is 23.0 Å². The van der Waals surface area contributed by atoms with E-state index in [0.717, 1.165) is 0 Å². The van der Waals surface area contributed by atoms with Crippen LogP contribution in [-0.2, 0) is 16.9 Å². The Morgan fingerprint density at radius 1 is 1.44 bits per heavy atom. The minimum Gasteiger partial charge on any atom is -0.394 e. The SMILES string of the molecule is NCc1nnn(CC(O)CO)c1C(Cl)(Cl)Cl. The van der Waals surface area contributed by atoms with Gasteiger partial charge in [0, 0.05) is 6.54 Å². The molecule has 4 N–H and O–H groups in total. The van der Waals surface area contributed by atoms with Gasteiger partial charge in [-0.2, -0.15) is 0 Å². The second kappa shape index (κ2) is 5.48. The Morgan fingerprint density at radius 2 is 2.06 bits per heavy atom. The molecule has 0 aliphatic carbocycles. The van der Waals surface area contributed by atoms with Crippen LogP contribution in [0.4, 0.5) is 0 Å². The predicted molar refractivity (Wildman–Crippen MR) is 60.2 cm³/mol. The number of hydrogen-bond donors (Lipinski definition) is 3. The van der Waals surface area contributed by atoms with Gasteiger partial charge in [-0.3, -0.25) is 0 Å². The fourth-order valence-electron chi connectivity index (χ4n) is 1.18. The first-order chi connectivity index (χ1) is 7.40. The third kappa shape index (κ3) is 3.19. The van der Waals surface area contributed by atoms with Crippen LogP contribution in [0.25, 0.3) is 0 Å². The van der Waals surface area contributed by atoms with Crippen molar-refractivity contribution in [3.63, 3.8) is 0 Å². The molecular weight excluding hydrogens is 278 g/mol. The van der Waals surface area contributed by atoms with Gasteiger partial charge in [0.05, 0.1) is 19.3 Å². The van der Waals surface area contributed by atoms with Gasteiger partial charge in [-0.05, 0) is 0 Å². The summed E-state index contributed by atoms with van der Waals surface area (Å²) >= 11 is 17.2. The molecule has 1 atom stereocenters. The molecule has 1 heterocycles. The van der Waals surface area contributed by atoms with Gasteiger partial charge in [0.25, 0.3) is 0 Å². The molecule has 0 saturated carbocycles. The summed E-state index contributed by atoms with van der Waals surface area (Å²) in [5.74, 6) is 0. The summed E-state index contributed by atoms with van der Waals surface area (Å²) in [6, 6.07) is 0. The molecule has 0 amide bonds. The smallest absolute Gasteiger partial charge is 0.234 e. The van der Waals surface area contributed by atoms with Gasteiger partial charge in [-0.25, -0.2) is 4.68 Å². The van der Waals surface area contributed by atoms with E-state index in [1.54, 1.807) is 0 Å². The first-order valence-electron chi connectivity index (χ1n) is 4.38. The Labute approximate surface area is 107 Å². The number of nitrogens with zero attached hydrogens (tertiary/aromatic N) is 3. The molecule has 0 spiro atoms. The van der Waals surface area contributed by atoms with E-state index in [0.29, 0.717) is 5.69 Å². The topological polar surface area (TPSA) is 97.2 Å². The zero-order chi connectivity index (χ0) is 12.3. The number of aliphatic hydroxyl groups excluding tert-OH is 2. The van der Waals surface area contributed by atoms with E-state index in [1.807, 2.05) is 0 Å². The predicted octanol–water partition coefficient (Wildman–Crippen LogP) is -0.0833. The molecular formula is C7H11Cl3N4O2. The van der Waals surface area contributed by atoms with E-state index >= 15 is 0 Å². The Bertz CT molecular complexity index is 352. The molecule has 16 heavy (non-hydrogen) atoms. The standard InChI is InChI=1S/C7H11Cl3N4O2/c8-7(9,10)6-5(1-11)12-13-14(6)2-4(16)3-15/h4,15-16H,1-3,11H2. The van der Waals surface area contributed by atoms with Crippen LogP contribution in [0.2, 0.25) is 0 Å². The van der Waals surface area contributed by atoms with Gasteiger partial charge in [-0.15, -0.1) is 5.10 Å². The van der Waals surface area contributed by atoms with Crippen molar-refractivity contribution < 1.29 is 10.2 Å². The van der Waals surface area contributed by atoms with Crippen molar-refractivity contribution in [3.05, 3.63) is 11.4 Å². The fourth-order valence-corrected chi connectivity index (χ4v) is 1.80. The highest BCUT2D eigenvalue weighted by molar-refractivity contribution is 6.66. The molecule has 0 aliphatic heterocycles. The molecule has 0 bridgehead atoms. The van der Waals surface area contributed by atoms with Crippen LogP contribution in [0.3, 0.4) is 0 Å². The largest absolute Gasteiger partial charge is 0.394 e. The van der Waals surface area contributed by atoms with Gasteiger partial charge in [0.15, 0.2) is 0 Å². The summed E-state index contributed by atoms with van der Waals surface area (Å²) in [5.41, 5.74) is 5.96. The molecule has 1 aromatic heterocycles. The molecule has 0 aliphatic rings. The minimum absolute atomic E-state index is 0.0211. The van der Waals surface area contributed by atoms with Crippen LogP contribution >= 0.6 is 34.8 Å². The first kappa shape index (κ1) is 14.0. The van der Waals surface area contributed by atoms with Crippen molar-refractivity contribution >= 4 is 34.8 Å². The first-order valence-corrected chi connectivity index (χ1v) is 5.52. The zero-order valence-electron chi connectivity index (χ0n) is 8.15. The maximum atomic E-state index is 9.28. The highest BCUT2D eigenvalue weighted by Gasteiger charge is 2.32. The van der Waals surface area contributed by atoms with Crippen molar-refractivity contribution in [2.75, 3.05) is 6.61 Å². The van der Waals surface area contributed by atoms with Crippen molar-refractivity contribution in [3.8, 4) is 0 Å². The van der Waals surface area contributed by atoms with E-state index < -0.39 is 16.5 Å². The monoisotopic (exact) mass is 288 g/mol. The summed E-state index contributed by atoms with van der Waals surface area (Å²) in [6.45, 7) is -0.373. The van der Waals surface area contributed by atoms with Crippen molar-refractivity contribution in [2.24, 2.45) is 5.73 Å². The molecule has 6 nitrogen and oxygen atoms in total. The third-order valence-corrected chi connectivity index (χ3v) is 2.40. The number of rotatable bonds is 4. The van der Waals surface area contributed by atoms with Crippen molar-refractivity contribution in [1.82, 2.24) is 15.0 Å². The average Bonchev–Trinajstić information content (AvgIpc) is 2.60. The van der Waals surface area contributed by atoms with E-state index in [4.69, 9.17) is 45.6 Å². The van der Waals surface area contributed by atoms with Crippen LogP contribution in [0.5, 0.6) is 0 Å². The summed E-state index contributed by atoms with van der Waals surface area (Å²) in [6.07, 6.45) is -1.00. The lowest BCUT2D eigenvalue weighted by molar-refractivity contribution is 0.0770. The Balaban J connectivity index is 3.05. The van der Waals surface area contributed by atoms with Crippen LogP contribution < -0.4 is 5.73 Å². The number of aliphatic hydroxyl groups is 2. The molecule has 0 fully saturated rings. The highest BCUT2D eigenvalue weighted by Crippen LogP contribution is 2.39. The van der Waals surface area contributed by atoms with E-state index in [-0.39, 0.29) is 18.8 Å². The third-order valence-electron chi connectivity index (χ3n) is 1.86. The molecule has 0 radical (unpaired) electrons. The summed E-state index contributed by atoms with van der Waals surface area (Å²) in [7, 11) is 0. The minimum atomic E-state index is -1.73. The quantitative estimate of drug-likeness (QED) is 0.674. The molecule has 1 aromatic rings. The Hall–Kier alpha value is -0.110. The molecule has 92 valence electrons. The van der Waals surface area contributed by atoms with E-state index in [1.165, 1.54) is 4.68 Å². The highest BCUT2D eigenvalue weighted by atomic mass is 35.6. The Morgan fingerprint density at radius 3 is 2.50 bits per heavy atom. The lowest BCUT2D eigenvalue weighted by atomic mass is 10.3. The average molecular weight is 290 g/mol. The molecule has 9 heteroatoms. The second-order valence-corrected chi connectivity index (χ2v) is 5.39. The molecule has 1 rings (SSSR count). The molecule has 0 aromatic carbocycles. The van der Waals surface area contributed by atoms with Gasteiger partial charge in [0.1, 0.15) is 11.4 Å². The second-order valence-electron chi connectivity index (χ2n) is 3.11. The Kier molecular flexibility index (Phi) is 4.78. The van der Waals surface area contributed by atoms with Crippen LogP contribution in [-0.4, -0.2) is 37.9 Å². The van der Waals surface area contributed by atoms with Gasteiger partial charge in [-0.1, -0.05) is 40.0 Å².